The van der Waals surface area contributed by atoms with Gasteiger partial charge in [0.25, 0.3) is 5.91 Å². The van der Waals surface area contributed by atoms with Crippen LogP contribution in [-0.2, 0) is 15.6 Å². The number of nitrogens with zero attached hydrogens (tertiary/aromatic N) is 1. The van der Waals surface area contributed by atoms with Crippen LogP contribution in [0.1, 0.15) is 47.2 Å². The standard InChI is InChI=1S/C32H35Cl2N3O3/c1-40-26-9-5-6-23(20-26)29(38)37-19-15-31(22-37,25-10-11-27(33)28(34)21-25)12-18-36-30(39)32(13-16-35-17-14-32)24-7-3-2-4-8-24/h2-11,20-21,35H,12-19,22H2,1H3,(H,36,39). The third-order valence-electron chi connectivity index (χ3n) is 8.60. The predicted octanol–water partition coefficient (Wildman–Crippen LogP) is 5.61. The molecule has 3 aromatic rings. The van der Waals surface area contributed by atoms with E-state index in [1.165, 1.54) is 0 Å². The van der Waals surface area contributed by atoms with Gasteiger partial charge in [-0.05, 0) is 80.2 Å². The Morgan fingerprint density at radius 1 is 0.925 bits per heavy atom. The number of hydrogen-bond donors (Lipinski definition) is 2. The van der Waals surface area contributed by atoms with Gasteiger partial charge in [-0.1, -0.05) is 65.7 Å². The summed E-state index contributed by atoms with van der Waals surface area (Å²) in [6.07, 6.45) is 2.93. The Labute approximate surface area is 246 Å². The van der Waals surface area contributed by atoms with Crippen molar-refractivity contribution in [2.45, 2.75) is 36.5 Å². The molecule has 0 aromatic heterocycles. The summed E-state index contributed by atoms with van der Waals surface area (Å²) in [6, 6.07) is 23.0. The largest absolute Gasteiger partial charge is 0.497 e. The van der Waals surface area contributed by atoms with Crippen LogP contribution >= 0.6 is 23.2 Å². The number of benzene rings is 3. The van der Waals surface area contributed by atoms with E-state index >= 15 is 0 Å². The molecular formula is C32H35Cl2N3O3. The molecule has 8 heteroatoms. The Hall–Kier alpha value is -3.06. The highest BCUT2D eigenvalue weighted by molar-refractivity contribution is 6.42. The van der Waals surface area contributed by atoms with Gasteiger partial charge < -0.3 is 20.3 Å². The summed E-state index contributed by atoms with van der Waals surface area (Å²) in [6.45, 7) is 3.21. The molecule has 2 aliphatic rings. The molecule has 40 heavy (non-hydrogen) atoms. The Balaban J connectivity index is 1.36. The zero-order chi connectivity index (χ0) is 28.2. The topological polar surface area (TPSA) is 70.7 Å². The molecule has 3 aromatic carbocycles. The highest BCUT2D eigenvalue weighted by Crippen LogP contribution is 2.41. The van der Waals surface area contributed by atoms with Crippen molar-refractivity contribution >= 4 is 35.0 Å². The molecule has 0 radical (unpaired) electrons. The van der Waals surface area contributed by atoms with Crippen LogP contribution in [0.15, 0.2) is 72.8 Å². The van der Waals surface area contributed by atoms with Crippen LogP contribution in [0.3, 0.4) is 0 Å². The zero-order valence-corrected chi connectivity index (χ0v) is 24.2. The van der Waals surface area contributed by atoms with Crippen LogP contribution < -0.4 is 15.4 Å². The van der Waals surface area contributed by atoms with E-state index in [4.69, 9.17) is 27.9 Å². The normalized spacial score (nSPS) is 20.2. The first-order chi connectivity index (χ1) is 19.4. The third-order valence-corrected chi connectivity index (χ3v) is 9.34. The quantitative estimate of drug-likeness (QED) is 0.363. The van der Waals surface area contributed by atoms with Gasteiger partial charge in [-0.3, -0.25) is 9.59 Å². The number of carbonyl (C=O) groups excluding carboxylic acids is 2. The van der Waals surface area contributed by atoms with Crippen molar-refractivity contribution in [3.8, 4) is 5.75 Å². The number of carbonyl (C=O) groups is 2. The first kappa shape index (κ1) is 28.5. The van der Waals surface area contributed by atoms with E-state index in [2.05, 4.69) is 22.8 Å². The SMILES string of the molecule is COc1cccc(C(=O)N2CCC(CCNC(=O)C3(c4ccccc4)CCNCC3)(c3ccc(Cl)c(Cl)c3)C2)c1. The average Bonchev–Trinajstić information content (AvgIpc) is 3.44. The molecule has 1 atom stereocenters. The molecule has 0 saturated carbocycles. The second-order valence-corrected chi connectivity index (χ2v) is 11.6. The van der Waals surface area contributed by atoms with E-state index in [9.17, 15) is 9.59 Å². The van der Waals surface area contributed by atoms with Crippen molar-refractivity contribution < 1.29 is 14.3 Å². The van der Waals surface area contributed by atoms with E-state index < -0.39 is 5.41 Å². The summed E-state index contributed by atoms with van der Waals surface area (Å²) in [5.41, 5.74) is 1.76. The van der Waals surface area contributed by atoms with Gasteiger partial charge in [-0.25, -0.2) is 0 Å². The minimum atomic E-state index is -0.548. The van der Waals surface area contributed by atoms with Gasteiger partial charge in [0.2, 0.25) is 5.91 Å². The monoisotopic (exact) mass is 579 g/mol. The number of rotatable bonds is 8. The van der Waals surface area contributed by atoms with Crippen LogP contribution in [0, 0.1) is 0 Å². The molecule has 0 aliphatic carbocycles. The molecule has 210 valence electrons. The van der Waals surface area contributed by atoms with Crippen molar-refractivity contribution in [1.29, 1.82) is 0 Å². The number of methoxy groups -OCH3 is 1. The van der Waals surface area contributed by atoms with Crippen LogP contribution in [0.4, 0.5) is 0 Å². The number of hydrogen-bond acceptors (Lipinski definition) is 4. The van der Waals surface area contributed by atoms with Gasteiger partial charge in [-0.15, -0.1) is 0 Å². The van der Waals surface area contributed by atoms with E-state index in [1.54, 1.807) is 13.2 Å². The van der Waals surface area contributed by atoms with Gasteiger partial charge in [0.05, 0.1) is 22.6 Å². The Bertz CT molecular complexity index is 1360. The zero-order valence-electron chi connectivity index (χ0n) is 22.7. The maximum absolute atomic E-state index is 13.8. The van der Waals surface area contributed by atoms with Crippen molar-refractivity contribution in [2.75, 3.05) is 39.8 Å². The molecule has 2 fully saturated rings. The molecule has 2 amide bonds. The average molecular weight is 581 g/mol. The molecule has 5 rings (SSSR count). The van der Waals surface area contributed by atoms with Crippen LogP contribution in [0.5, 0.6) is 5.75 Å². The fourth-order valence-electron chi connectivity index (χ4n) is 6.24. The second-order valence-electron chi connectivity index (χ2n) is 10.8. The molecule has 2 N–H and O–H groups in total. The maximum Gasteiger partial charge on any atom is 0.254 e. The van der Waals surface area contributed by atoms with Crippen molar-refractivity contribution in [3.05, 3.63) is 99.5 Å². The minimum Gasteiger partial charge on any atom is -0.497 e. The van der Waals surface area contributed by atoms with Gasteiger partial charge in [0.1, 0.15) is 5.75 Å². The van der Waals surface area contributed by atoms with Gasteiger partial charge >= 0.3 is 0 Å². The third kappa shape index (κ3) is 5.71. The molecule has 0 spiro atoms. The molecule has 1 unspecified atom stereocenters. The van der Waals surface area contributed by atoms with E-state index in [-0.39, 0.29) is 17.2 Å². The van der Waals surface area contributed by atoms with Gasteiger partial charge in [0, 0.05) is 30.6 Å². The first-order valence-corrected chi connectivity index (χ1v) is 14.6. The number of nitrogens with one attached hydrogen (secondary N) is 2. The van der Waals surface area contributed by atoms with Gasteiger partial charge in [-0.2, -0.15) is 0 Å². The van der Waals surface area contributed by atoms with Crippen molar-refractivity contribution in [3.63, 3.8) is 0 Å². The summed E-state index contributed by atoms with van der Waals surface area (Å²) >= 11 is 12.7. The van der Waals surface area contributed by atoms with Crippen LogP contribution in [-0.4, -0.2) is 56.5 Å². The second kappa shape index (κ2) is 12.2. The molecule has 2 heterocycles. The summed E-state index contributed by atoms with van der Waals surface area (Å²) < 4.78 is 5.33. The highest BCUT2D eigenvalue weighted by atomic mass is 35.5. The molecule has 6 nitrogen and oxygen atoms in total. The Kier molecular flexibility index (Phi) is 8.69. The molecule has 2 saturated heterocycles. The minimum absolute atomic E-state index is 0.0393. The highest BCUT2D eigenvalue weighted by Gasteiger charge is 2.44. The van der Waals surface area contributed by atoms with Crippen LogP contribution in [0.2, 0.25) is 10.0 Å². The summed E-state index contributed by atoms with van der Waals surface area (Å²) in [5.74, 6) is 0.670. The predicted molar refractivity (Wildman–Crippen MR) is 160 cm³/mol. The lowest BCUT2D eigenvalue weighted by atomic mass is 9.72. The smallest absolute Gasteiger partial charge is 0.254 e. The number of halogens is 2. The number of piperidine rings is 1. The van der Waals surface area contributed by atoms with E-state index in [0.29, 0.717) is 47.4 Å². The Morgan fingerprint density at radius 2 is 1.70 bits per heavy atom. The lowest BCUT2D eigenvalue weighted by molar-refractivity contribution is -0.127. The van der Waals surface area contributed by atoms with Crippen molar-refractivity contribution in [2.24, 2.45) is 0 Å². The molecular weight excluding hydrogens is 545 g/mol. The number of likely N-dealkylation sites (tertiary alicyclic amines) is 1. The summed E-state index contributed by atoms with van der Waals surface area (Å²) in [4.78, 5) is 29.2. The van der Waals surface area contributed by atoms with E-state index in [0.717, 1.165) is 43.5 Å². The maximum atomic E-state index is 13.8. The number of ether oxygens (including phenoxy) is 1. The fourth-order valence-corrected chi connectivity index (χ4v) is 6.53. The lowest BCUT2D eigenvalue weighted by Gasteiger charge is -2.37. The Morgan fingerprint density at radius 3 is 2.42 bits per heavy atom. The van der Waals surface area contributed by atoms with Gasteiger partial charge in [0.15, 0.2) is 0 Å². The lowest BCUT2D eigenvalue weighted by Crippen LogP contribution is -2.51. The molecule has 2 aliphatic heterocycles. The molecule has 0 bridgehead atoms. The first-order valence-electron chi connectivity index (χ1n) is 13.8. The number of amides is 2. The summed E-state index contributed by atoms with van der Waals surface area (Å²) in [7, 11) is 1.59. The summed E-state index contributed by atoms with van der Waals surface area (Å²) in [5, 5.41) is 7.65. The van der Waals surface area contributed by atoms with Crippen LogP contribution in [0.25, 0.3) is 0 Å². The van der Waals surface area contributed by atoms with Crippen molar-refractivity contribution in [1.82, 2.24) is 15.5 Å². The fraction of sp³-hybridized carbons (Fsp3) is 0.375. The van der Waals surface area contributed by atoms with E-state index in [1.807, 2.05) is 59.5 Å².